The summed E-state index contributed by atoms with van der Waals surface area (Å²) in [5, 5.41) is 9.46. The molecular formula is C6H13O12P3-2. The number of phosphoric ester groups is 1. The molecule has 6 atom stereocenters. The quantitative estimate of drug-likeness (QED) is 0.444. The Morgan fingerprint density at radius 2 is 1.81 bits per heavy atom. The Labute approximate surface area is 119 Å². The van der Waals surface area contributed by atoms with Gasteiger partial charge in [-0.15, -0.1) is 0 Å². The minimum absolute atomic E-state index is 0.240. The molecular weight excluding hydrogens is 357 g/mol. The first-order valence-electron chi connectivity index (χ1n) is 5.38. The van der Waals surface area contributed by atoms with Gasteiger partial charge in [0, 0.05) is 6.42 Å². The molecule has 1 fully saturated rings. The lowest BCUT2D eigenvalue weighted by molar-refractivity contribution is -0.222. The van der Waals surface area contributed by atoms with Crippen molar-refractivity contribution >= 4 is 23.5 Å². The van der Waals surface area contributed by atoms with Gasteiger partial charge in [-0.3, -0.25) is 9.13 Å². The largest absolute Gasteiger partial charge is 0.756 e. The second-order valence-electron chi connectivity index (χ2n) is 4.13. The Hall–Kier alpha value is 0.330. The average Bonchev–Trinajstić information content (AvgIpc) is 2.48. The highest BCUT2D eigenvalue weighted by atomic mass is 31.3. The molecule has 0 aromatic carbocycles. The average molecular weight is 370 g/mol. The van der Waals surface area contributed by atoms with Crippen LogP contribution in [0.2, 0.25) is 0 Å². The molecule has 1 aliphatic rings. The molecule has 1 heterocycles. The first kappa shape index (κ1) is 19.4. The maximum Gasteiger partial charge on any atom is 0.485 e. The van der Waals surface area contributed by atoms with E-state index >= 15 is 0 Å². The third-order valence-corrected chi connectivity index (χ3v) is 5.96. The van der Waals surface area contributed by atoms with Gasteiger partial charge in [0.15, 0.2) is 0 Å². The maximum atomic E-state index is 11.2. The van der Waals surface area contributed by atoms with Crippen LogP contribution in [-0.2, 0) is 31.6 Å². The molecule has 12 nitrogen and oxygen atoms in total. The second-order valence-corrected chi connectivity index (χ2v) is 8.46. The zero-order valence-electron chi connectivity index (χ0n) is 10.5. The number of hydrogen-bond donors (Lipinski definition) is 3. The molecule has 1 rings (SSSR count). The normalized spacial score (nSPS) is 34.9. The van der Waals surface area contributed by atoms with Crippen LogP contribution in [0.5, 0.6) is 0 Å². The number of hydrogen-bond acceptors (Lipinski definition) is 10. The molecule has 15 heteroatoms. The van der Waals surface area contributed by atoms with Gasteiger partial charge in [-0.25, -0.2) is 13.2 Å². The highest BCUT2D eigenvalue weighted by Gasteiger charge is 2.36. The van der Waals surface area contributed by atoms with Crippen molar-refractivity contribution < 1.29 is 56.3 Å². The summed E-state index contributed by atoms with van der Waals surface area (Å²) >= 11 is 0. The molecule has 1 aliphatic heterocycles. The lowest BCUT2D eigenvalue weighted by Gasteiger charge is -2.27. The van der Waals surface area contributed by atoms with Crippen LogP contribution in [0.4, 0.5) is 0 Å². The fourth-order valence-electron chi connectivity index (χ4n) is 1.55. The van der Waals surface area contributed by atoms with Gasteiger partial charge in [-0.05, 0) is 6.92 Å². The highest BCUT2D eigenvalue weighted by molar-refractivity contribution is 7.65. The molecule has 0 amide bonds. The molecule has 0 radical (unpaired) electrons. The van der Waals surface area contributed by atoms with Crippen LogP contribution in [0, 0.1) is 0 Å². The number of phosphoric acid groups is 3. The van der Waals surface area contributed by atoms with Crippen molar-refractivity contribution in [3.8, 4) is 0 Å². The summed E-state index contributed by atoms with van der Waals surface area (Å²) in [6, 6.07) is 0. The van der Waals surface area contributed by atoms with E-state index in [0.717, 1.165) is 0 Å². The molecule has 0 aromatic heterocycles. The van der Waals surface area contributed by atoms with Crippen molar-refractivity contribution in [3.05, 3.63) is 0 Å². The van der Waals surface area contributed by atoms with Crippen molar-refractivity contribution in [1.82, 2.24) is 0 Å². The van der Waals surface area contributed by atoms with Gasteiger partial charge in [0.25, 0.3) is 15.6 Å². The number of rotatable bonds is 7. The summed E-state index contributed by atoms with van der Waals surface area (Å²) in [7, 11) is -16.8. The topological polar surface area (TPSA) is 195 Å². The van der Waals surface area contributed by atoms with Crippen LogP contribution in [0.25, 0.3) is 0 Å². The monoisotopic (exact) mass is 370 g/mol. The molecule has 1 saturated heterocycles. The number of ether oxygens (including phenoxy) is 1. The SMILES string of the molecule is C[C@H]1CC(O)[C@@H](COP(=O)([O-])OP(=O)(O)OP(=O)([O-])O)O1. The van der Waals surface area contributed by atoms with Crippen molar-refractivity contribution in [1.29, 1.82) is 0 Å². The summed E-state index contributed by atoms with van der Waals surface area (Å²) in [6.07, 6.45) is -2.11. The van der Waals surface area contributed by atoms with Gasteiger partial charge in [0.1, 0.15) is 6.10 Å². The van der Waals surface area contributed by atoms with E-state index in [1.165, 1.54) is 0 Å². The molecule has 0 aliphatic carbocycles. The molecule has 0 bridgehead atoms. The molecule has 0 spiro atoms. The molecule has 0 saturated carbocycles. The van der Waals surface area contributed by atoms with Crippen LogP contribution in [-0.4, -0.2) is 39.8 Å². The Balaban J connectivity index is 2.56. The van der Waals surface area contributed by atoms with Crippen molar-refractivity contribution in [2.24, 2.45) is 0 Å². The third-order valence-electron chi connectivity index (χ3n) is 2.22. The minimum atomic E-state index is -5.70. The lowest BCUT2D eigenvalue weighted by Crippen LogP contribution is -2.27. The Kier molecular flexibility index (Phi) is 6.31. The maximum absolute atomic E-state index is 11.2. The second kappa shape index (κ2) is 6.84. The van der Waals surface area contributed by atoms with Crippen LogP contribution < -0.4 is 9.79 Å². The number of aliphatic hydroxyl groups is 1. The van der Waals surface area contributed by atoms with Gasteiger partial charge >= 0.3 is 7.82 Å². The summed E-state index contributed by atoms with van der Waals surface area (Å²) in [5.41, 5.74) is 0. The van der Waals surface area contributed by atoms with E-state index in [1.54, 1.807) is 6.92 Å². The first-order chi connectivity index (χ1) is 9.30. The molecule has 4 unspecified atom stereocenters. The Morgan fingerprint density at radius 1 is 1.24 bits per heavy atom. The third kappa shape index (κ3) is 7.43. The van der Waals surface area contributed by atoms with Crippen LogP contribution >= 0.6 is 23.5 Å². The fourth-order valence-corrected chi connectivity index (χ4v) is 4.51. The van der Waals surface area contributed by atoms with Crippen molar-refractivity contribution in [3.63, 3.8) is 0 Å². The van der Waals surface area contributed by atoms with Crippen LogP contribution in [0.1, 0.15) is 13.3 Å². The summed E-state index contributed by atoms with van der Waals surface area (Å²) in [6.45, 7) is 0.903. The fraction of sp³-hybridized carbons (Fsp3) is 1.00. The van der Waals surface area contributed by atoms with Crippen LogP contribution in [0.15, 0.2) is 0 Å². The predicted octanol–water partition coefficient (Wildman–Crippen LogP) is -1.40. The van der Waals surface area contributed by atoms with Crippen LogP contribution in [0.3, 0.4) is 0 Å². The van der Waals surface area contributed by atoms with Crippen molar-refractivity contribution in [2.75, 3.05) is 6.61 Å². The van der Waals surface area contributed by atoms with E-state index in [0.29, 0.717) is 0 Å². The lowest BCUT2D eigenvalue weighted by atomic mass is 10.1. The molecule has 3 N–H and O–H groups in total. The highest BCUT2D eigenvalue weighted by Crippen LogP contribution is 2.63. The summed E-state index contributed by atoms with van der Waals surface area (Å²) in [4.78, 5) is 38.5. The zero-order chi connectivity index (χ0) is 16.5. The molecule has 21 heavy (non-hydrogen) atoms. The van der Waals surface area contributed by atoms with E-state index in [1.807, 2.05) is 0 Å². The summed E-state index contributed by atoms with van der Waals surface area (Å²) in [5.74, 6) is 0. The smallest absolute Gasteiger partial charge is 0.485 e. The van der Waals surface area contributed by atoms with Gasteiger partial charge in [0.05, 0.1) is 18.8 Å². The van der Waals surface area contributed by atoms with E-state index in [-0.39, 0.29) is 12.5 Å². The Morgan fingerprint density at radius 3 is 2.24 bits per heavy atom. The van der Waals surface area contributed by atoms with Gasteiger partial charge in [-0.2, -0.15) is 0 Å². The predicted molar refractivity (Wildman–Crippen MR) is 60.3 cm³/mol. The standard InChI is InChI=1S/C6H15O12P3/c1-4-2-5(7)6(16-4)3-15-20(11,12)18-21(13,14)17-19(8,9)10/h4-7H,2-3H2,1H3,(H,11,12)(H,13,14)(H2,8,9,10)/p-2/t4-,5?,6+/m0/s1. The van der Waals surface area contributed by atoms with Gasteiger partial charge in [-0.1, -0.05) is 0 Å². The van der Waals surface area contributed by atoms with E-state index in [4.69, 9.17) is 14.5 Å². The van der Waals surface area contributed by atoms with E-state index in [9.17, 15) is 28.6 Å². The van der Waals surface area contributed by atoms with Gasteiger partial charge in [0.2, 0.25) is 0 Å². The minimum Gasteiger partial charge on any atom is -0.756 e. The zero-order valence-corrected chi connectivity index (χ0v) is 13.2. The van der Waals surface area contributed by atoms with E-state index < -0.39 is 42.3 Å². The van der Waals surface area contributed by atoms with Gasteiger partial charge < -0.3 is 33.9 Å². The summed E-state index contributed by atoms with van der Waals surface area (Å²) < 4.78 is 48.5. The first-order valence-corrected chi connectivity index (χ1v) is 9.83. The molecule has 0 aromatic rings. The molecule has 126 valence electrons. The Bertz CT molecular complexity index is 499. The van der Waals surface area contributed by atoms with E-state index in [2.05, 4.69) is 13.1 Å². The number of aliphatic hydroxyl groups excluding tert-OH is 1. The van der Waals surface area contributed by atoms with Crippen molar-refractivity contribution in [2.45, 2.75) is 31.7 Å².